The van der Waals surface area contributed by atoms with Gasteiger partial charge in [0.05, 0.1) is 19.8 Å². The van der Waals surface area contributed by atoms with Crippen molar-refractivity contribution in [1.82, 2.24) is 0 Å². The van der Waals surface area contributed by atoms with Crippen LogP contribution in [0.25, 0.3) is 21.9 Å². The van der Waals surface area contributed by atoms with Gasteiger partial charge in [0.15, 0.2) is 23.0 Å². The number of cyclic esters (lactones) is 1. The van der Waals surface area contributed by atoms with E-state index in [1.54, 1.807) is 18.2 Å². The molecule has 0 N–H and O–H groups in total. The van der Waals surface area contributed by atoms with Gasteiger partial charge in [-0.1, -0.05) is 6.07 Å². The van der Waals surface area contributed by atoms with Crippen LogP contribution in [0, 0.1) is 0 Å². The Morgan fingerprint density at radius 1 is 0.931 bits per heavy atom. The molecule has 0 saturated heterocycles. The normalized spacial score (nSPS) is 15.9. The lowest BCUT2D eigenvalue weighted by molar-refractivity contribution is -0.286. The number of methoxy groups -OCH3 is 2. The van der Waals surface area contributed by atoms with Crippen molar-refractivity contribution in [2.24, 2.45) is 0 Å². The molecule has 2 heterocycles. The SMILES string of the molecule is COc1cc2cc3c(c(-c4ccc5c(c4)OC(F)(F)O5)c2cc1OC)C(=O)OC3. The molecule has 5 rings (SSSR count). The smallest absolute Gasteiger partial charge is 0.493 e. The molecule has 2 aliphatic rings. The Balaban J connectivity index is 1.81. The van der Waals surface area contributed by atoms with Crippen LogP contribution in [-0.4, -0.2) is 26.5 Å². The van der Waals surface area contributed by atoms with Gasteiger partial charge in [-0.15, -0.1) is 8.78 Å². The van der Waals surface area contributed by atoms with Crippen molar-refractivity contribution in [3.05, 3.63) is 47.5 Å². The fraction of sp³-hybridized carbons (Fsp3) is 0.190. The molecule has 2 aliphatic heterocycles. The first-order valence-corrected chi connectivity index (χ1v) is 8.69. The maximum absolute atomic E-state index is 13.4. The summed E-state index contributed by atoms with van der Waals surface area (Å²) in [4.78, 5) is 12.5. The van der Waals surface area contributed by atoms with Gasteiger partial charge >= 0.3 is 12.3 Å². The van der Waals surface area contributed by atoms with E-state index in [1.165, 1.54) is 26.4 Å². The van der Waals surface area contributed by atoms with Gasteiger partial charge < -0.3 is 23.7 Å². The standard InChI is InChI=1S/C21H14F2O6/c1-25-15-7-11-5-12-9-27-20(24)19(12)18(13(11)8-16(15)26-2)10-3-4-14-17(6-10)29-21(22,23)28-14/h3-8H,9H2,1-2H3. The fourth-order valence-corrected chi connectivity index (χ4v) is 3.75. The highest BCUT2D eigenvalue weighted by atomic mass is 19.3. The zero-order chi connectivity index (χ0) is 20.3. The van der Waals surface area contributed by atoms with E-state index in [0.29, 0.717) is 39.1 Å². The van der Waals surface area contributed by atoms with Gasteiger partial charge in [0, 0.05) is 11.1 Å². The third-order valence-corrected chi connectivity index (χ3v) is 4.98. The second-order valence-electron chi connectivity index (χ2n) is 6.62. The van der Waals surface area contributed by atoms with Crippen LogP contribution in [0.3, 0.4) is 0 Å². The molecule has 0 radical (unpaired) electrons. The van der Waals surface area contributed by atoms with Crippen molar-refractivity contribution in [2.75, 3.05) is 14.2 Å². The van der Waals surface area contributed by atoms with Crippen LogP contribution in [0.5, 0.6) is 23.0 Å². The lowest BCUT2D eigenvalue weighted by Gasteiger charge is -2.15. The summed E-state index contributed by atoms with van der Waals surface area (Å²) in [6.45, 7) is 0.133. The first-order chi connectivity index (χ1) is 13.9. The van der Waals surface area contributed by atoms with Crippen LogP contribution in [0.4, 0.5) is 8.78 Å². The molecule has 29 heavy (non-hydrogen) atoms. The molecule has 3 aromatic rings. The Morgan fingerprint density at radius 3 is 2.41 bits per heavy atom. The third kappa shape index (κ3) is 2.63. The summed E-state index contributed by atoms with van der Waals surface area (Å²) in [5.74, 6) is 0.346. The Hall–Kier alpha value is -3.55. The van der Waals surface area contributed by atoms with Crippen LogP contribution in [0.15, 0.2) is 36.4 Å². The second kappa shape index (κ2) is 5.97. The highest BCUT2D eigenvalue weighted by Gasteiger charge is 2.43. The number of alkyl halides is 2. The zero-order valence-electron chi connectivity index (χ0n) is 15.4. The summed E-state index contributed by atoms with van der Waals surface area (Å²) in [5, 5.41) is 1.48. The van der Waals surface area contributed by atoms with E-state index in [9.17, 15) is 13.6 Å². The quantitative estimate of drug-likeness (QED) is 0.603. The van der Waals surface area contributed by atoms with Crippen molar-refractivity contribution in [1.29, 1.82) is 0 Å². The minimum Gasteiger partial charge on any atom is -0.493 e. The van der Waals surface area contributed by atoms with Gasteiger partial charge in [0.1, 0.15) is 6.61 Å². The molecule has 0 fully saturated rings. The minimum atomic E-state index is -3.73. The number of carbonyl (C=O) groups is 1. The maximum atomic E-state index is 13.4. The van der Waals surface area contributed by atoms with Gasteiger partial charge in [-0.25, -0.2) is 4.79 Å². The third-order valence-electron chi connectivity index (χ3n) is 4.98. The number of fused-ring (bicyclic) bond motifs is 3. The maximum Gasteiger partial charge on any atom is 0.586 e. The number of benzene rings is 3. The highest BCUT2D eigenvalue weighted by Crippen LogP contribution is 2.47. The second-order valence-corrected chi connectivity index (χ2v) is 6.62. The molecule has 0 unspecified atom stereocenters. The molecule has 0 aliphatic carbocycles. The molecule has 0 amide bonds. The van der Waals surface area contributed by atoms with Crippen LogP contribution in [0.2, 0.25) is 0 Å². The molecule has 0 atom stereocenters. The highest BCUT2D eigenvalue weighted by molar-refractivity contribution is 6.11. The van der Waals surface area contributed by atoms with E-state index >= 15 is 0 Å². The van der Waals surface area contributed by atoms with Gasteiger partial charge in [0.2, 0.25) is 0 Å². The monoisotopic (exact) mass is 400 g/mol. The lowest BCUT2D eigenvalue weighted by atomic mass is 9.90. The van der Waals surface area contributed by atoms with Crippen molar-refractivity contribution in [2.45, 2.75) is 12.9 Å². The summed E-state index contributed by atoms with van der Waals surface area (Å²) in [5.41, 5.74) is 2.14. The number of hydrogen-bond donors (Lipinski definition) is 0. The molecule has 0 saturated carbocycles. The van der Waals surface area contributed by atoms with Crippen LogP contribution >= 0.6 is 0 Å². The van der Waals surface area contributed by atoms with E-state index < -0.39 is 12.3 Å². The molecular formula is C21H14F2O6. The zero-order valence-corrected chi connectivity index (χ0v) is 15.4. The van der Waals surface area contributed by atoms with E-state index in [-0.39, 0.29) is 18.1 Å². The van der Waals surface area contributed by atoms with Crippen LogP contribution in [-0.2, 0) is 11.3 Å². The van der Waals surface area contributed by atoms with Gasteiger partial charge in [-0.2, -0.15) is 0 Å². The molecule has 8 heteroatoms. The van der Waals surface area contributed by atoms with E-state index in [2.05, 4.69) is 9.47 Å². The molecule has 0 bridgehead atoms. The number of hydrogen-bond acceptors (Lipinski definition) is 6. The summed E-state index contributed by atoms with van der Waals surface area (Å²) in [6.07, 6.45) is -3.73. The number of esters is 1. The lowest BCUT2D eigenvalue weighted by Crippen LogP contribution is -2.25. The Labute approximate surface area is 163 Å². The first kappa shape index (κ1) is 17.5. The molecule has 3 aromatic carbocycles. The first-order valence-electron chi connectivity index (χ1n) is 8.69. The van der Waals surface area contributed by atoms with Crippen molar-refractivity contribution in [3.63, 3.8) is 0 Å². The molecular weight excluding hydrogens is 386 g/mol. The minimum absolute atomic E-state index is 0.0718. The molecule has 0 spiro atoms. The van der Waals surface area contributed by atoms with E-state index in [4.69, 9.17) is 14.2 Å². The van der Waals surface area contributed by atoms with E-state index in [1.807, 2.05) is 6.07 Å². The molecule has 6 nitrogen and oxygen atoms in total. The van der Waals surface area contributed by atoms with Gasteiger partial charge in [-0.05, 0) is 46.7 Å². The summed E-state index contributed by atoms with van der Waals surface area (Å²) in [7, 11) is 3.04. The van der Waals surface area contributed by atoms with Crippen LogP contribution < -0.4 is 18.9 Å². The summed E-state index contributed by atoms with van der Waals surface area (Å²) < 4.78 is 51.9. The van der Waals surface area contributed by atoms with Crippen molar-refractivity contribution in [3.8, 4) is 34.1 Å². The molecule has 0 aromatic heterocycles. The van der Waals surface area contributed by atoms with E-state index in [0.717, 1.165) is 5.39 Å². The Bertz CT molecular complexity index is 1190. The number of carbonyl (C=O) groups excluding carboxylic acids is 1. The number of ether oxygens (including phenoxy) is 5. The predicted molar refractivity (Wildman–Crippen MR) is 97.8 cm³/mol. The Morgan fingerprint density at radius 2 is 1.66 bits per heavy atom. The van der Waals surface area contributed by atoms with Crippen LogP contribution in [0.1, 0.15) is 15.9 Å². The predicted octanol–water partition coefficient (Wildman–Crippen LogP) is 4.52. The van der Waals surface area contributed by atoms with Gasteiger partial charge in [0.25, 0.3) is 0 Å². The average molecular weight is 400 g/mol. The average Bonchev–Trinajstić information content (AvgIpc) is 3.22. The van der Waals surface area contributed by atoms with Crippen molar-refractivity contribution < 1.29 is 37.3 Å². The summed E-state index contributed by atoms with van der Waals surface area (Å²) in [6, 6.07) is 9.80. The largest absolute Gasteiger partial charge is 0.586 e. The number of rotatable bonds is 3. The number of halogens is 2. The topological polar surface area (TPSA) is 63.2 Å². The van der Waals surface area contributed by atoms with Crippen molar-refractivity contribution >= 4 is 16.7 Å². The molecule has 148 valence electrons. The van der Waals surface area contributed by atoms with Gasteiger partial charge in [-0.3, -0.25) is 0 Å². The Kier molecular flexibility index (Phi) is 3.61. The fourth-order valence-electron chi connectivity index (χ4n) is 3.75. The summed E-state index contributed by atoms with van der Waals surface area (Å²) >= 11 is 0.